The van der Waals surface area contributed by atoms with Gasteiger partial charge in [-0.15, -0.1) is 0 Å². The van der Waals surface area contributed by atoms with E-state index >= 15 is 0 Å². The van der Waals surface area contributed by atoms with Crippen LogP contribution < -0.4 is 5.73 Å². The van der Waals surface area contributed by atoms with Crippen molar-refractivity contribution in [3.63, 3.8) is 0 Å². The van der Waals surface area contributed by atoms with Crippen molar-refractivity contribution in [1.29, 1.82) is 0 Å². The molecule has 1 atom stereocenters. The van der Waals surface area contributed by atoms with E-state index in [1.165, 1.54) is 0 Å². The summed E-state index contributed by atoms with van der Waals surface area (Å²) in [6.07, 6.45) is -2.67. The molecule has 0 aromatic carbocycles. The van der Waals surface area contributed by atoms with Crippen LogP contribution in [0.4, 0.5) is 0 Å². The Labute approximate surface area is 120 Å². The highest BCUT2D eigenvalue weighted by Gasteiger charge is 2.46. The van der Waals surface area contributed by atoms with E-state index < -0.39 is 45.9 Å². The fourth-order valence-corrected chi connectivity index (χ4v) is 3.35. The second kappa shape index (κ2) is 7.77. The fraction of sp³-hybridized carbons (Fsp3) is 0.875. The molecule has 0 saturated heterocycles. The Balaban J connectivity index is 5.41. The maximum Gasteiger partial charge on any atom is 0.351 e. The predicted molar refractivity (Wildman–Crippen MR) is 71.2 cm³/mol. The quantitative estimate of drug-likeness (QED) is 0.137. The lowest BCUT2D eigenvalue weighted by Gasteiger charge is -2.36. The molecule has 0 saturated carbocycles. The number of rotatable bonds is 10. The van der Waals surface area contributed by atoms with Crippen LogP contribution in [0.25, 0.3) is 0 Å². The summed E-state index contributed by atoms with van der Waals surface area (Å²) in [5, 5.41) is 19.2. The molecule has 0 aromatic rings. The molecule has 1 unspecified atom stereocenters. The number of aliphatic carboxylic acids is 1. The number of nitrogens with two attached hydrogens (primary N) is 1. The second-order valence-electron chi connectivity index (χ2n) is 4.52. The van der Waals surface area contributed by atoms with Gasteiger partial charge in [0.2, 0.25) is 5.72 Å². The lowest BCUT2D eigenvalue weighted by molar-refractivity contribution is -0.181. The molecular formula is C8H20N2O9P2. The predicted octanol–water partition coefficient (Wildman–Crippen LogP) is -1.54. The van der Waals surface area contributed by atoms with E-state index in [0.29, 0.717) is 6.42 Å². The lowest BCUT2D eigenvalue weighted by atomic mass is 10.0. The van der Waals surface area contributed by atoms with Crippen molar-refractivity contribution < 1.29 is 43.7 Å². The van der Waals surface area contributed by atoms with Crippen molar-refractivity contribution in [2.24, 2.45) is 5.73 Å². The summed E-state index contributed by atoms with van der Waals surface area (Å²) in [5.41, 5.74) is 2.41. The van der Waals surface area contributed by atoms with E-state index in [1.54, 1.807) is 0 Å². The molecule has 21 heavy (non-hydrogen) atoms. The standard InChI is InChI=1S/C8H20N2O9P2/c9-4-2-1-3-8(13,7(11)12)10(5-20(14,15)16)6-21(17,18)19/h13H,1-6,9H2,(H,11,12)(H2,14,15,16)(H2,17,18,19). The molecule has 13 heteroatoms. The minimum atomic E-state index is -4.85. The topological polar surface area (TPSA) is 202 Å². The first-order valence-electron chi connectivity index (χ1n) is 5.82. The van der Waals surface area contributed by atoms with Crippen molar-refractivity contribution >= 4 is 21.2 Å². The zero-order valence-electron chi connectivity index (χ0n) is 11.1. The summed E-state index contributed by atoms with van der Waals surface area (Å²) in [4.78, 5) is 47.0. The van der Waals surface area contributed by atoms with Crippen LogP contribution in [0, 0.1) is 0 Å². The third-order valence-electron chi connectivity index (χ3n) is 2.56. The minimum Gasteiger partial charge on any atom is -0.478 e. The molecular weight excluding hydrogens is 330 g/mol. The van der Waals surface area contributed by atoms with Gasteiger partial charge in [-0.1, -0.05) is 0 Å². The Bertz CT molecular complexity index is 423. The third kappa shape index (κ3) is 8.01. The summed E-state index contributed by atoms with van der Waals surface area (Å²) in [7, 11) is -9.70. The van der Waals surface area contributed by atoms with Crippen LogP contribution in [-0.4, -0.2) is 65.5 Å². The van der Waals surface area contributed by atoms with Crippen LogP contribution in [0.15, 0.2) is 0 Å². The monoisotopic (exact) mass is 350 g/mol. The van der Waals surface area contributed by atoms with E-state index in [4.69, 9.17) is 30.4 Å². The maximum absolute atomic E-state index is 11.2. The lowest BCUT2D eigenvalue weighted by Crippen LogP contribution is -2.55. The smallest absolute Gasteiger partial charge is 0.351 e. The fourth-order valence-electron chi connectivity index (χ4n) is 1.64. The van der Waals surface area contributed by atoms with Gasteiger partial charge in [0.05, 0.1) is 0 Å². The van der Waals surface area contributed by atoms with Gasteiger partial charge in [0.1, 0.15) is 12.6 Å². The Morgan fingerprint density at radius 3 is 1.76 bits per heavy atom. The molecule has 0 radical (unpaired) electrons. The van der Waals surface area contributed by atoms with Gasteiger partial charge >= 0.3 is 21.2 Å². The van der Waals surface area contributed by atoms with E-state index in [2.05, 4.69) is 0 Å². The largest absolute Gasteiger partial charge is 0.478 e. The first kappa shape index (κ1) is 20.6. The van der Waals surface area contributed by atoms with Crippen molar-refractivity contribution in [2.75, 3.05) is 19.1 Å². The highest BCUT2D eigenvalue weighted by atomic mass is 31.2. The normalized spacial score (nSPS) is 16.0. The SMILES string of the molecule is NCCCCC(O)(C(=O)O)N(CP(=O)(O)O)CP(=O)(O)O. The van der Waals surface area contributed by atoms with Gasteiger partial charge in [0.15, 0.2) is 0 Å². The number of hydrogen-bond donors (Lipinski definition) is 7. The van der Waals surface area contributed by atoms with E-state index in [0.717, 1.165) is 0 Å². The Kier molecular flexibility index (Phi) is 7.64. The molecule has 11 nitrogen and oxygen atoms in total. The van der Waals surface area contributed by atoms with Crippen molar-refractivity contribution in [1.82, 2.24) is 4.90 Å². The highest BCUT2D eigenvalue weighted by molar-refractivity contribution is 7.52. The van der Waals surface area contributed by atoms with Gasteiger partial charge in [-0.25, -0.2) is 9.69 Å². The molecule has 0 spiro atoms. The minimum absolute atomic E-state index is 0.0954. The molecule has 0 heterocycles. The molecule has 0 aromatic heterocycles. The van der Waals surface area contributed by atoms with Crippen molar-refractivity contribution in [3.8, 4) is 0 Å². The Morgan fingerprint density at radius 2 is 1.48 bits per heavy atom. The van der Waals surface area contributed by atoms with Crippen LogP contribution in [0.5, 0.6) is 0 Å². The summed E-state index contributed by atoms with van der Waals surface area (Å²) >= 11 is 0. The van der Waals surface area contributed by atoms with Gasteiger partial charge < -0.3 is 35.5 Å². The number of nitrogens with zero attached hydrogens (tertiary/aromatic N) is 1. The van der Waals surface area contributed by atoms with Crippen molar-refractivity contribution in [2.45, 2.75) is 25.0 Å². The molecule has 0 amide bonds. The Hall–Kier alpha value is -0.350. The molecule has 126 valence electrons. The van der Waals surface area contributed by atoms with Crippen LogP contribution in [0.1, 0.15) is 19.3 Å². The molecule has 0 rings (SSSR count). The molecule has 0 fully saturated rings. The number of carboxylic acid groups (broad SMARTS) is 1. The molecule has 0 bridgehead atoms. The van der Waals surface area contributed by atoms with E-state index in [1.807, 2.05) is 0 Å². The summed E-state index contributed by atoms with van der Waals surface area (Å²) < 4.78 is 22.0. The second-order valence-corrected chi connectivity index (χ2v) is 7.74. The molecule has 0 aliphatic carbocycles. The first-order chi connectivity index (χ1) is 9.32. The highest BCUT2D eigenvalue weighted by Crippen LogP contribution is 2.44. The summed E-state index contributed by atoms with van der Waals surface area (Å²) in [6, 6.07) is 0. The number of aliphatic hydroxyl groups is 1. The van der Waals surface area contributed by atoms with E-state index in [-0.39, 0.29) is 17.9 Å². The average molecular weight is 350 g/mol. The number of carbonyl (C=O) groups is 1. The van der Waals surface area contributed by atoms with Crippen LogP contribution in [0.2, 0.25) is 0 Å². The van der Waals surface area contributed by atoms with Crippen LogP contribution in [-0.2, 0) is 13.9 Å². The number of unbranched alkanes of at least 4 members (excludes halogenated alkanes) is 1. The zero-order valence-corrected chi connectivity index (χ0v) is 12.9. The van der Waals surface area contributed by atoms with E-state index in [9.17, 15) is 19.0 Å². The number of carboxylic acids is 1. The summed E-state index contributed by atoms with van der Waals surface area (Å²) in [5.74, 6) is -1.86. The van der Waals surface area contributed by atoms with Crippen LogP contribution >= 0.6 is 15.2 Å². The Morgan fingerprint density at radius 1 is 1.05 bits per heavy atom. The maximum atomic E-state index is 11.2. The van der Waals surface area contributed by atoms with Gasteiger partial charge in [-0.3, -0.25) is 9.13 Å². The van der Waals surface area contributed by atoms with Gasteiger partial charge in [0, 0.05) is 6.42 Å². The van der Waals surface area contributed by atoms with Crippen molar-refractivity contribution in [3.05, 3.63) is 0 Å². The first-order valence-corrected chi connectivity index (χ1v) is 9.41. The van der Waals surface area contributed by atoms with Gasteiger partial charge in [-0.2, -0.15) is 0 Å². The van der Waals surface area contributed by atoms with Gasteiger partial charge in [0.25, 0.3) is 0 Å². The third-order valence-corrected chi connectivity index (χ3v) is 3.97. The molecule has 0 aliphatic heterocycles. The van der Waals surface area contributed by atoms with Crippen LogP contribution in [0.3, 0.4) is 0 Å². The average Bonchev–Trinajstić information content (AvgIpc) is 2.24. The molecule has 8 N–H and O–H groups in total. The van der Waals surface area contributed by atoms with Gasteiger partial charge in [-0.05, 0) is 19.4 Å². The number of hydrogen-bond acceptors (Lipinski definition) is 6. The molecule has 0 aliphatic rings. The zero-order chi connectivity index (χ0) is 16.9. The summed E-state index contributed by atoms with van der Waals surface area (Å²) in [6.45, 7) is 0.201.